The smallest absolute Gasteiger partial charge is 0.138 e. The zero-order chi connectivity index (χ0) is 14.9. The van der Waals surface area contributed by atoms with Crippen LogP contribution in [0.5, 0.6) is 0 Å². The number of nitrogens with zero attached hydrogens (tertiary/aromatic N) is 3. The van der Waals surface area contributed by atoms with Gasteiger partial charge >= 0.3 is 0 Å². The maximum atomic E-state index is 4.43. The third-order valence-corrected chi connectivity index (χ3v) is 4.56. The SMILES string of the molecule is Cc1sc2ncnc(NCC(C)(C)CN(C)C)c2c1C. The lowest BCUT2D eigenvalue weighted by Gasteiger charge is -2.28. The van der Waals surface area contributed by atoms with Crippen LogP contribution in [0.15, 0.2) is 6.33 Å². The van der Waals surface area contributed by atoms with E-state index in [1.54, 1.807) is 17.7 Å². The molecule has 110 valence electrons. The topological polar surface area (TPSA) is 41.1 Å². The molecule has 0 spiro atoms. The first-order valence-electron chi connectivity index (χ1n) is 6.89. The van der Waals surface area contributed by atoms with Crippen molar-refractivity contribution in [3.05, 3.63) is 16.8 Å². The summed E-state index contributed by atoms with van der Waals surface area (Å²) in [7, 11) is 4.22. The summed E-state index contributed by atoms with van der Waals surface area (Å²) in [5.41, 5.74) is 1.48. The van der Waals surface area contributed by atoms with E-state index in [-0.39, 0.29) is 5.41 Å². The molecule has 4 nitrogen and oxygen atoms in total. The highest BCUT2D eigenvalue weighted by Gasteiger charge is 2.20. The first kappa shape index (κ1) is 15.2. The van der Waals surface area contributed by atoms with Crippen LogP contribution in [0.4, 0.5) is 5.82 Å². The third kappa shape index (κ3) is 3.27. The second-order valence-electron chi connectivity index (χ2n) is 6.44. The molecule has 0 saturated heterocycles. The lowest BCUT2D eigenvalue weighted by molar-refractivity contribution is 0.254. The lowest BCUT2D eigenvalue weighted by Crippen LogP contribution is -2.34. The van der Waals surface area contributed by atoms with Crippen molar-refractivity contribution in [1.29, 1.82) is 0 Å². The van der Waals surface area contributed by atoms with Crippen LogP contribution < -0.4 is 5.32 Å². The average Bonchev–Trinajstić information content (AvgIpc) is 2.62. The van der Waals surface area contributed by atoms with E-state index in [0.717, 1.165) is 23.7 Å². The van der Waals surface area contributed by atoms with Gasteiger partial charge in [-0.05, 0) is 38.9 Å². The van der Waals surface area contributed by atoms with Gasteiger partial charge in [0.1, 0.15) is 17.0 Å². The number of aryl methyl sites for hydroxylation is 2. The molecule has 0 aliphatic rings. The van der Waals surface area contributed by atoms with Crippen molar-refractivity contribution in [2.45, 2.75) is 27.7 Å². The van der Waals surface area contributed by atoms with Crippen LogP contribution >= 0.6 is 11.3 Å². The van der Waals surface area contributed by atoms with Gasteiger partial charge in [-0.1, -0.05) is 13.8 Å². The number of aromatic nitrogens is 2. The van der Waals surface area contributed by atoms with E-state index < -0.39 is 0 Å². The predicted molar refractivity (Wildman–Crippen MR) is 87.7 cm³/mol. The zero-order valence-electron chi connectivity index (χ0n) is 13.2. The third-order valence-electron chi connectivity index (χ3n) is 3.44. The fraction of sp³-hybridized carbons (Fsp3) is 0.600. The van der Waals surface area contributed by atoms with Crippen LogP contribution in [0.1, 0.15) is 24.3 Å². The molecule has 2 aromatic heterocycles. The molecule has 2 rings (SSSR count). The Bertz CT molecular complexity index is 601. The maximum Gasteiger partial charge on any atom is 0.138 e. The molecule has 0 atom stereocenters. The van der Waals surface area contributed by atoms with Crippen LogP contribution in [0.25, 0.3) is 10.2 Å². The van der Waals surface area contributed by atoms with Gasteiger partial charge in [-0.25, -0.2) is 9.97 Å². The molecule has 0 aliphatic carbocycles. The van der Waals surface area contributed by atoms with E-state index in [0.29, 0.717) is 0 Å². The van der Waals surface area contributed by atoms with Gasteiger partial charge in [-0.3, -0.25) is 0 Å². The number of rotatable bonds is 5. The molecule has 5 heteroatoms. The van der Waals surface area contributed by atoms with Crippen LogP contribution in [-0.4, -0.2) is 42.1 Å². The molecule has 0 aromatic carbocycles. The molecule has 0 aliphatic heterocycles. The standard InChI is InChI=1S/C15H24N4S/c1-10-11(2)20-14-12(10)13(17-9-18-14)16-7-15(3,4)8-19(5)6/h9H,7-8H2,1-6H3,(H,16,17,18). The van der Waals surface area contributed by atoms with E-state index in [9.17, 15) is 0 Å². The van der Waals surface area contributed by atoms with Gasteiger partial charge in [-0.15, -0.1) is 11.3 Å². The predicted octanol–water partition coefficient (Wildman–Crippen LogP) is 3.31. The number of hydrogen-bond acceptors (Lipinski definition) is 5. The van der Waals surface area contributed by atoms with Gasteiger partial charge in [-0.2, -0.15) is 0 Å². The summed E-state index contributed by atoms with van der Waals surface area (Å²) >= 11 is 1.74. The van der Waals surface area contributed by atoms with Gasteiger partial charge in [0.25, 0.3) is 0 Å². The summed E-state index contributed by atoms with van der Waals surface area (Å²) in [6.07, 6.45) is 1.65. The van der Waals surface area contributed by atoms with E-state index in [4.69, 9.17) is 0 Å². The van der Waals surface area contributed by atoms with Gasteiger partial charge in [0.15, 0.2) is 0 Å². The number of fused-ring (bicyclic) bond motifs is 1. The van der Waals surface area contributed by atoms with Crippen LogP contribution in [0.2, 0.25) is 0 Å². The molecule has 0 radical (unpaired) electrons. The van der Waals surface area contributed by atoms with Crippen molar-refractivity contribution in [3.63, 3.8) is 0 Å². The summed E-state index contributed by atoms with van der Waals surface area (Å²) in [6, 6.07) is 0. The first-order valence-corrected chi connectivity index (χ1v) is 7.71. The second kappa shape index (κ2) is 5.66. The fourth-order valence-electron chi connectivity index (χ4n) is 2.55. The molecule has 0 unspecified atom stereocenters. The first-order chi connectivity index (χ1) is 9.30. The van der Waals surface area contributed by atoms with Gasteiger partial charge in [0.2, 0.25) is 0 Å². The second-order valence-corrected chi connectivity index (χ2v) is 7.64. The minimum Gasteiger partial charge on any atom is -0.369 e. The zero-order valence-corrected chi connectivity index (χ0v) is 14.1. The Morgan fingerprint density at radius 2 is 1.95 bits per heavy atom. The Morgan fingerprint density at radius 3 is 2.60 bits per heavy atom. The summed E-state index contributed by atoms with van der Waals surface area (Å²) in [5.74, 6) is 0.962. The minimum atomic E-state index is 0.194. The average molecular weight is 292 g/mol. The summed E-state index contributed by atoms with van der Waals surface area (Å²) < 4.78 is 0. The van der Waals surface area contributed by atoms with Crippen molar-refractivity contribution in [3.8, 4) is 0 Å². The minimum absolute atomic E-state index is 0.194. The Morgan fingerprint density at radius 1 is 1.25 bits per heavy atom. The monoisotopic (exact) mass is 292 g/mol. The number of anilines is 1. The van der Waals surface area contributed by atoms with Gasteiger partial charge in [0.05, 0.1) is 5.39 Å². The lowest BCUT2D eigenvalue weighted by atomic mass is 9.93. The summed E-state index contributed by atoms with van der Waals surface area (Å²) in [5, 5.41) is 4.69. The van der Waals surface area contributed by atoms with Gasteiger partial charge < -0.3 is 10.2 Å². The molecule has 2 heterocycles. The summed E-state index contributed by atoms with van der Waals surface area (Å²) in [4.78, 5) is 13.4. The molecule has 1 N–H and O–H groups in total. The van der Waals surface area contributed by atoms with Crippen molar-refractivity contribution >= 4 is 27.4 Å². The molecular formula is C15H24N4S. The summed E-state index contributed by atoms with van der Waals surface area (Å²) in [6.45, 7) is 10.8. The molecule has 2 aromatic rings. The van der Waals surface area contributed by atoms with E-state index in [1.807, 2.05) is 0 Å². The molecule has 0 saturated carbocycles. The fourth-order valence-corrected chi connectivity index (χ4v) is 3.55. The van der Waals surface area contributed by atoms with E-state index in [2.05, 4.69) is 62.0 Å². The Kier molecular flexibility index (Phi) is 4.30. The van der Waals surface area contributed by atoms with Gasteiger partial charge in [0, 0.05) is 18.0 Å². The Labute approximate surface area is 125 Å². The normalized spacial score (nSPS) is 12.3. The Balaban J connectivity index is 2.22. The van der Waals surface area contributed by atoms with Crippen molar-refractivity contribution in [2.75, 3.05) is 32.5 Å². The molecule has 20 heavy (non-hydrogen) atoms. The maximum absolute atomic E-state index is 4.43. The number of nitrogens with one attached hydrogen (secondary N) is 1. The van der Waals surface area contributed by atoms with E-state index in [1.165, 1.54) is 15.8 Å². The van der Waals surface area contributed by atoms with Crippen LogP contribution in [0, 0.1) is 19.3 Å². The molecular weight excluding hydrogens is 268 g/mol. The quantitative estimate of drug-likeness (QED) is 0.918. The Hall–Kier alpha value is -1.20. The van der Waals surface area contributed by atoms with Crippen molar-refractivity contribution in [2.24, 2.45) is 5.41 Å². The molecule has 0 bridgehead atoms. The largest absolute Gasteiger partial charge is 0.369 e. The van der Waals surface area contributed by atoms with Crippen molar-refractivity contribution in [1.82, 2.24) is 14.9 Å². The van der Waals surface area contributed by atoms with E-state index >= 15 is 0 Å². The molecule has 0 fully saturated rings. The molecule has 0 amide bonds. The number of thiophene rings is 1. The highest BCUT2D eigenvalue weighted by molar-refractivity contribution is 7.18. The highest BCUT2D eigenvalue weighted by atomic mass is 32.1. The van der Waals surface area contributed by atoms with Crippen molar-refractivity contribution < 1.29 is 0 Å². The number of hydrogen-bond donors (Lipinski definition) is 1. The van der Waals surface area contributed by atoms with Crippen LogP contribution in [-0.2, 0) is 0 Å². The van der Waals surface area contributed by atoms with Crippen LogP contribution in [0.3, 0.4) is 0 Å². The highest BCUT2D eigenvalue weighted by Crippen LogP contribution is 2.32.